The minimum Gasteiger partial charge on any atom is -0.478 e. The first-order chi connectivity index (χ1) is 9.04. The van der Waals surface area contributed by atoms with Gasteiger partial charge in [0, 0.05) is 6.07 Å². The number of rotatable bonds is 4. The van der Waals surface area contributed by atoms with Crippen LogP contribution in [0, 0.1) is 13.8 Å². The molecule has 0 aliphatic carbocycles. The van der Waals surface area contributed by atoms with Crippen molar-refractivity contribution in [1.82, 2.24) is 14.8 Å². The molecule has 0 spiro atoms. The summed E-state index contributed by atoms with van der Waals surface area (Å²) in [5, 5.41) is 13.4. The summed E-state index contributed by atoms with van der Waals surface area (Å²) in [4.78, 5) is 15.5. The van der Waals surface area contributed by atoms with Crippen molar-refractivity contribution in [2.24, 2.45) is 0 Å². The molecule has 2 aromatic heterocycles. The monoisotopic (exact) mass is 261 g/mol. The molecule has 0 bridgehead atoms. The van der Waals surface area contributed by atoms with Crippen molar-refractivity contribution in [2.75, 3.05) is 6.61 Å². The van der Waals surface area contributed by atoms with E-state index in [1.54, 1.807) is 32.0 Å². The van der Waals surface area contributed by atoms with E-state index in [9.17, 15) is 4.79 Å². The lowest BCUT2D eigenvalue weighted by Gasteiger charge is -2.06. The molecule has 0 amide bonds. The van der Waals surface area contributed by atoms with Gasteiger partial charge in [-0.2, -0.15) is 10.1 Å². The highest BCUT2D eigenvalue weighted by atomic mass is 16.5. The first kappa shape index (κ1) is 13.1. The normalized spacial score (nSPS) is 10.5. The standard InChI is InChI=1S/C13H15N3O3/c1-4-19-11-7-5-6-10(14-11)16-9(3)12(13(17)18)8(2)15-16/h5-7H,4H2,1-3H3,(H,17,18). The van der Waals surface area contributed by atoms with E-state index in [1.165, 1.54) is 4.68 Å². The van der Waals surface area contributed by atoms with Crippen molar-refractivity contribution >= 4 is 5.97 Å². The van der Waals surface area contributed by atoms with Crippen LogP contribution in [0.3, 0.4) is 0 Å². The number of carboxylic acids is 1. The van der Waals surface area contributed by atoms with Gasteiger partial charge < -0.3 is 9.84 Å². The fraction of sp³-hybridized carbons (Fsp3) is 0.308. The fourth-order valence-electron chi connectivity index (χ4n) is 1.93. The number of aryl methyl sites for hydroxylation is 1. The van der Waals surface area contributed by atoms with Crippen molar-refractivity contribution in [1.29, 1.82) is 0 Å². The number of ether oxygens (including phenoxy) is 1. The van der Waals surface area contributed by atoms with Gasteiger partial charge >= 0.3 is 5.97 Å². The largest absolute Gasteiger partial charge is 0.478 e. The molecule has 0 saturated carbocycles. The molecule has 2 aromatic rings. The van der Waals surface area contributed by atoms with Gasteiger partial charge in [-0.3, -0.25) is 0 Å². The summed E-state index contributed by atoms with van der Waals surface area (Å²) in [5.41, 5.74) is 1.23. The lowest BCUT2D eigenvalue weighted by molar-refractivity contribution is 0.0695. The molecule has 0 unspecified atom stereocenters. The Labute approximate surface area is 110 Å². The maximum absolute atomic E-state index is 11.2. The molecule has 0 aliphatic heterocycles. The third kappa shape index (κ3) is 2.42. The molecule has 100 valence electrons. The number of nitrogens with zero attached hydrogens (tertiary/aromatic N) is 3. The average Bonchev–Trinajstić information content (AvgIpc) is 2.65. The molecular weight excluding hydrogens is 246 g/mol. The molecule has 0 radical (unpaired) electrons. The maximum atomic E-state index is 11.2. The summed E-state index contributed by atoms with van der Waals surface area (Å²) in [6, 6.07) is 5.30. The van der Waals surface area contributed by atoms with E-state index in [0.717, 1.165) is 0 Å². The highest BCUT2D eigenvalue weighted by molar-refractivity contribution is 5.90. The molecule has 0 saturated heterocycles. The van der Waals surface area contributed by atoms with Crippen molar-refractivity contribution < 1.29 is 14.6 Å². The Kier molecular flexibility index (Phi) is 3.50. The van der Waals surface area contributed by atoms with Crippen LogP contribution < -0.4 is 4.74 Å². The van der Waals surface area contributed by atoms with Crippen LogP contribution in [0.1, 0.15) is 28.7 Å². The molecule has 19 heavy (non-hydrogen) atoms. The highest BCUT2D eigenvalue weighted by Gasteiger charge is 2.19. The highest BCUT2D eigenvalue weighted by Crippen LogP contribution is 2.18. The van der Waals surface area contributed by atoms with Crippen molar-refractivity contribution in [3.8, 4) is 11.7 Å². The number of pyridine rings is 1. The number of carboxylic acid groups (broad SMARTS) is 1. The lowest BCUT2D eigenvalue weighted by Crippen LogP contribution is -2.05. The lowest BCUT2D eigenvalue weighted by atomic mass is 10.2. The van der Waals surface area contributed by atoms with E-state index in [4.69, 9.17) is 9.84 Å². The summed E-state index contributed by atoms with van der Waals surface area (Å²) in [5.74, 6) is 0.0469. The fourth-order valence-corrected chi connectivity index (χ4v) is 1.93. The zero-order chi connectivity index (χ0) is 14.0. The van der Waals surface area contributed by atoms with Crippen molar-refractivity contribution in [2.45, 2.75) is 20.8 Å². The Morgan fingerprint density at radius 2 is 2.16 bits per heavy atom. The summed E-state index contributed by atoms with van der Waals surface area (Å²) >= 11 is 0. The predicted octanol–water partition coefficient (Wildman–Crippen LogP) is 1.98. The van der Waals surface area contributed by atoms with E-state index in [1.807, 2.05) is 6.92 Å². The number of carbonyl (C=O) groups is 1. The third-order valence-corrected chi connectivity index (χ3v) is 2.72. The Hall–Kier alpha value is -2.37. The maximum Gasteiger partial charge on any atom is 0.339 e. The zero-order valence-electron chi connectivity index (χ0n) is 11.0. The van der Waals surface area contributed by atoms with Gasteiger partial charge in [0.15, 0.2) is 5.82 Å². The molecular formula is C13H15N3O3. The van der Waals surface area contributed by atoms with Gasteiger partial charge in [-0.15, -0.1) is 0 Å². The molecule has 0 fully saturated rings. The van der Waals surface area contributed by atoms with E-state index < -0.39 is 5.97 Å². The SMILES string of the molecule is CCOc1cccc(-n2nc(C)c(C(=O)O)c2C)n1. The van der Waals surface area contributed by atoms with Crippen LogP contribution >= 0.6 is 0 Å². The summed E-state index contributed by atoms with van der Waals surface area (Å²) in [6.45, 7) is 5.77. The van der Waals surface area contributed by atoms with Crippen molar-refractivity contribution in [3.05, 3.63) is 35.2 Å². The van der Waals surface area contributed by atoms with Gasteiger partial charge in [0.2, 0.25) is 5.88 Å². The van der Waals surface area contributed by atoms with E-state index in [0.29, 0.717) is 29.7 Å². The van der Waals surface area contributed by atoms with Gasteiger partial charge in [0.05, 0.1) is 18.0 Å². The van der Waals surface area contributed by atoms with E-state index >= 15 is 0 Å². The second-order valence-corrected chi connectivity index (χ2v) is 4.03. The minimum absolute atomic E-state index is 0.212. The van der Waals surface area contributed by atoms with Gasteiger partial charge in [-0.25, -0.2) is 9.48 Å². The summed E-state index contributed by atoms with van der Waals surface area (Å²) < 4.78 is 6.84. The number of hydrogen-bond acceptors (Lipinski definition) is 4. The van der Waals surface area contributed by atoms with Crippen LogP contribution in [0.15, 0.2) is 18.2 Å². The number of aromatic carboxylic acids is 1. The Morgan fingerprint density at radius 3 is 2.74 bits per heavy atom. The number of hydrogen-bond donors (Lipinski definition) is 1. The molecule has 6 nitrogen and oxygen atoms in total. The van der Waals surface area contributed by atoms with Crippen LogP contribution in [0.4, 0.5) is 0 Å². The van der Waals surface area contributed by atoms with Gasteiger partial charge in [-0.05, 0) is 26.8 Å². The minimum atomic E-state index is -0.984. The summed E-state index contributed by atoms with van der Waals surface area (Å²) in [6.07, 6.45) is 0. The third-order valence-electron chi connectivity index (χ3n) is 2.72. The predicted molar refractivity (Wildman–Crippen MR) is 69.0 cm³/mol. The topological polar surface area (TPSA) is 77.2 Å². The second-order valence-electron chi connectivity index (χ2n) is 4.03. The van der Waals surface area contributed by atoms with Crippen LogP contribution in [0.25, 0.3) is 5.82 Å². The molecule has 0 aliphatic rings. The first-order valence-corrected chi connectivity index (χ1v) is 5.94. The number of aromatic nitrogens is 3. The Morgan fingerprint density at radius 1 is 1.42 bits per heavy atom. The molecule has 0 aromatic carbocycles. The Bertz CT molecular complexity index is 620. The molecule has 6 heteroatoms. The van der Waals surface area contributed by atoms with Crippen LogP contribution in [0.5, 0.6) is 5.88 Å². The van der Waals surface area contributed by atoms with Crippen LogP contribution in [0.2, 0.25) is 0 Å². The van der Waals surface area contributed by atoms with E-state index in [-0.39, 0.29) is 5.56 Å². The van der Waals surface area contributed by atoms with Crippen molar-refractivity contribution in [3.63, 3.8) is 0 Å². The Balaban J connectivity index is 2.50. The van der Waals surface area contributed by atoms with Crippen LogP contribution in [-0.4, -0.2) is 32.4 Å². The van der Waals surface area contributed by atoms with Gasteiger partial charge in [0.1, 0.15) is 5.56 Å². The van der Waals surface area contributed by atoms with Gasteiger partial charge in [-0.1, -0.05) is 6.07 Å². The first-order valence-electron chi connectivity index (χ1n) is 5.94. The quantitative estimate of drug-likeness (QED) is 0.910. The molecule has 1 N–H and O–H groups in total. The second kappa shape index (κ2) is 5.09. The van der Waals surface area contributed by atoms with Crippen LogP contribution in [-0.2, 0) is 0 Å². The molecule has 2 heterocycles. The zero-order valence-corrected chi connectivity index (χ0v) is 11.0. The van der Waals surface area contributed by atoms with E-state index in [2.05, 4.69) is 10.1 Å². The summed E-state index contributed by atoms with van der Waals surface area (Å²) in [7, 11) is 0. The van der Waals surface area contributed by atoms with Gasteiger partial charge in [0.25, 0.3) is 0 Å². The smallest absolute Gasteiger partial charge is 0.339 e. The molecule has 2 rings (SSSR count). The molecule has 0 atom stereocenters. The average molecular weight is 261 g/mol.